The minimum atomic E-state index is -4.95. The van der Waals surface area contributed by atoms with Gasteiger partial charge in [0.15, 0.2) is 0 Å². The average Bonchev–Trinajstić information content (AvgIpc) is 2.70. The molecule has 0 bridgehead atoms. The zero-order valence-electron chi connectivity index (χ0n) is 10.1. The number of hydrogen-bond donors (Lipinski definition) is 0. The van der Waals surface area contributed by atoms with Crippen LogP contribution < -0.4 is 4.90 Å². The summed E-state index contributed by atoms with van der Waals surface area (Å²) in [4.78, 5) is 22.6. The third-order valence-corrected chi connectivity index (χ3v) is 4.68. The van der Waals surface area contributed by atoms with Crippen molar-refractivity contribution in [2.75, 3.05) is 11.4 Å². The Bertz CT molecular complexity index is 739. The van der Waals surface area contributed by atoms with E-state index >= 15 is 0 Å². The van der Waals surface area contributed by atoms with E-state index < -0.39 is 50.8 Å². The SMILES string of the molecule is O=C1CC(S(=O)(=O)F)CN1c1c(Br)cc(F)cc1[N+](=O)[O-]. The van der Waals surface area contributed by atoms with Gasteiger partial charge < -0.3 is 4.90 Å². The van der Waals surface area contributed by atoms with E-state index in [9.17, 15) is 31.6 Å². The summed E-state index contributed by atoms with van der Waals surface area (Å²) in [5.41, 5.74) is -1.01. The van der Waals surface area contributed by atoms with Crippen molar-refractivity contribution >= 4 is 43.4 Å². The highest BCUT2D eigenvalue weighted by molar-refractivity contribution is 9.10. The molecular weight excluding hydrogens is 378 g/mol. The van der Waals surface area contributed by atoms with Crippen LogP contribution in [-0.4, -0.2) is 31.0 Å². The van der Waals surface area contributed by atoms with Crippen LogP contribution in [0.1, 0.15) is 6.42 Å². The maximum absolute atomic E-state index is 13.2. The Morgan fingerprint density at radius 3 is 2.52 bits per heavy atom. The molecule has 0 N–H and O–H groups in total. The van der Waals surface area contributed by atoms with Crippen molar-refractivity contribution in [2.45, 2.75) is 11.7 Å². The predicted molar refractivity (Wildman–Crippen MR) is 71.5 cm³/mol. The largest absolute Gasteiger partial charge is 0.307 e. The van der Waals surface area contributed by atoms with E-state index in [-0.39, 0.29) is 10.2 Å². The molecule has 1 aliphatic rings. The van der Waals surface area contributed by atoms with Crippen LogP contribution in [0.25, 0.3) is 0 Å². The molecule has 1 unspecified atom stereocenters. The lowest BCUT2D eigenvalue weighted by Gasteiger charge is -2.17. The van der Waals surface area contributed by atoms with E-state index in [0.717, 1.165) is 11.0 Å². The molecule has 1 heterocycles. The summed E-state index contributed by atoms with van der Waals surface area (Å²) in [5, 5.41) is 9.36. The molecule has 1 aliphatic heterocycles. The molecule has 0 aromatic heterocycles. The summed E-state index contributed by atoms with van der Waals surface area (Å²) in [6.07, 6.45) is -0.625. The molecule has 11 heteroatoms. The molecule has 0 radical (unpaired) electrons. The number of carbonyl (C=O) groups is 1. The molecule has 1 saturated heterocycles. The quantitative estimate of drug-likeness (QED) is 0.450. The van der Waals surface area contributed by atoms with Gasteiger partial charge in [0.1, 0.15) is 16.8 Å². The second-order valence-electron chi connectivity index (χ2n) is 4.32. The third kappa shape index (κ3) is 3.02. The number of carbonyl (C=O) groups excluding carboxylic acids is 1. The van der Waals surface area contributed by atoms with Crippen molar-refractivity contribution in [3.63, 3.8) is 0 Å². The first-order valence-electron chi connectivity index (χ1n) is 5.48. The number of nitrogens with zero attached hydrogens (tertiary/aromatic N) is 2. The summed E-state index contributed by atoms with van der Waals surface area (Å²) >= 11 is 2.89. The van der Waals surface area contributed by atoms with Crippen LogP contribution in [-0.2, 0) is 15.0 Å². The minimum absolute atomic E-state index is 0.0977. The number of anilines is 1. The van der Waals surface area contributed by atoms with Crippen LogP contribution in [0.2, 0.25) is 0 Å². The Labute approximate surface area is 126 Å². The van der Waals surface area contributed by atoms with Crippen LogP contribution in [0.3, 0.4) is 0 Å². The normalized spacial score (nSPS) is 19.1. The van der Waals surface area contributed by atoms with E-state index in [1.54, 1.807) is 0 Å². The highest BCUT2D eigenvalue weighted by Crippen LogP contribution is 2.39. The monoisotopic (exact) mass is 384 g/mol. The van der Waals surface area contributed by atoms with Gasteiger partial charge in [0.25, 0.3) is 5.69 Å². The Hall–Kier alpha value is -1.62. The van der Waals surface area contributed by atoms with Crippen LogP contribution in [0.5, 0.6) is 0 Å². The maximum atomic E-state index is 13.2. The molecule has 1 fully saturated rings. The molecule has 0 aliphatic carbocycles. The molecule has 0 saturated carbocycles. The Morgan fingerprint density at radius 1 is 1.43 bits per heavy atom. The molecule has 2 rings (SSSR count). The second kappa shape index (κ2) is 5.30. The van der Waals surface area contributed by atoms with Gasteiger partial charge in [0.05, 0.1) is 15.5 Å². The first-order valence-corrected chi connectivity index (χ1v) is 7.72. The van der Waals surface area contributed by atoms with Crippen LogP contribution >= 0.6 is 15.9 Å². The van der Waals surface area contributed by atoms with Gasteiger partial charge in [-0.2, -0.15) is 8.42 Å². The molecule has 7 nitrogen and oxygen atoms in total. The van der Waals surface area contributed by atoms with E-state index in [1.807, 2.05) is 0 Å². The summed E-state index contributed by atoms with van der Waals surface area (Å²) < 4.78 is 47.8. The first-order chi connectivity index (χ1) is 9.61. The van der Waals surface area contributed by atoms with E-state index in [1.165, 1.54) is 0 Å². The van der Waals surface area contributed by atoms with Crippen molar-refractivity contribution in [1.29, 1.82) is 0 Å². The van der Waals surface area contributed by atoms with Crippen molar-refractivity contribution in [3.8, 4) is 0 Å². The topological polar surface area (TPSA) is 97.6 Å². The summed E-state index contributed by atoms with van der Waals surface area (Å²) in [6, 6.07) is 1.50. The Kier molecular flexibility index (Phi) is 3.97. The second-order valence-corrected chi connectivity index (χ2v) is 6.79. The van der Waals surface area contributed by atoms with E-state index in [4.69, 9.17) is 0 Å². The maximum Gasteiger partial charge on any atom is 0.307 e. The fourth-order valence-electron chi connectivity index (χ4n) is 2.04. The van der Waals surface area contributed by atoms with Gasteiger partial charge in [-0.25, -0.2) is 4.39 Å². The average molecular weight is 385 g/mol. The number of rotatable bonds is 3. The first kappa shape index (κ1) is 15.8. The molecule has 0 spiro atoms. The minimum Gasteiger partial charge on any atom is -0.304 e. The zero-order chi connectivity index (χ0) is 15.9. The number of hydrogen-bond acceptors (Lipinski definition) is 5. The lowest BCUT2D eigenvalue weighted by molar-refractivity contribution is -0.384. The van der Waals surface area contributed by atoms with Gasteiger partial charge in [-0.1, -0.05) is 0 Å². The zero-order valence-corrected chi connectivity index (χ0v) is 12.5. The Morgan fingerprint density at radius 2 is 2.05 bits per heavy atom. The summed E-state index contributed by atoms with van der Waals surface area (Å²) in [5.74, 6) is -1.70. The van der Waals surface area contributed by atoms with Crippen LogP contribution in [0.4, 0.5) is 19.7 Å². The third-order valence-electron chi connectivity index (χ3n) is 2.96. The number of nitro benzene ring substituents is 1. The molecule has 114 valence electrons. The smallest absolute Gasteiger partial charge is 0.304 e. The highest BCUT2D eigenvalue weighted by Gasteiger charge is 2.42. The molecule has 1 amide bonds. The lowest BCUT2D eigenvalue weighted by Crippen LogP contribution is -2.28. The van der Waals surface area contributed by atoms with Crippen molar-refractivity contribution in [3.05, 3.63) is 32.5 Å². The van der Waals surface area contributed by atoms with Crippen molar-refractivity contribution in [1.82, 2.24) is 0 Å². The molecule has 1 aromatic carbocycles. The van der Waals surface area contributed by atoms with Gasteiger partial charge in [-0.15, -0.1) is 3.89 Å². The summed E-state index contributed by atoms with van der Waals surface area (Å²) in [6.45, 7) is -0.567. The van der Waals surface area contributed by atoms with E-state index in [2.05, 4.69) is 15.9 Å². The predicted octanol–water partition coefficient (Wildman–Crippen LogP) is 1.90. The van der Waals surface area contributed by atoms with Gasteiger partial charge in [-0.3, -0.25) is 14.9 Å². The molecule has 21 heavy (non-hydrogen) atoms. The Balaban J connectivity index is 2.53. The number of halogens is 3. The number of benzene rings is 1. The standard InChI is InChI=1S/C10H7BrF2N2O5S/c11-7-1-5(12)2-8(15(17)18)10(7)14-4-6(3-9(14)16)21(13,19)20/h1-2,6H,3-4H2. The number of nitro groups is 1. The van der Waals surface area contributed by atoms with Crippen molar-refractivity contribution in [2.24, 2.45) is 0 Å². The summed E-state index contributed by atoms with van der Waals surface area (Å²) in [7, 11) is -4.95. The highest BCUT2D eigenvalue weighted by atomic mass is 79.9. The van der Waals surface area contributed by atoms with E-state index in [0.29, 0.717) is 6.07 Å². The van der Waals surface area contributed by atoms with Gasteiger partial charge in [0.2, 0.25) is 5.91 Å². The lowest BCUT2D eigenvalue weighted by atomic mass is 10.2. The molecule has 1 aromatic rings. The van der Waals surface area contributed by atoms with Gasteiger partial charge >= 0.3 is 10.2 Å². The van der Waals surface area contributed by atoms with Gasteiger partial charge in [0, 0.05) is 13.0 Å². The fourth-order valence-corrected chi connectivity index (χ4v) is 3.34. The van der Waals surface area contributed by atoms with Crippen molar-refractivity contribution < 1.29 is 26.4 Å². The van der Waals surface area contributed by atoms with Gasteiger partial charge in [-0.05, 0) is 22.0 Å². The van der Waals surface area contributed by atoms with Crippen LogP contribution in [0, 0.1) is 15.9 Å². The fraction of sp³-hybridized carbons (Fsp3) is 0.300. The molecule has 1 atom stereocenters. The number of amides is 1. The molecular formula is C10H7BrF2N2O5S. The van der Waals surface area contributed by atoms with Crippen LogP contribution in [0.15, 0.2) is 16.6 Å².